The van der Waals surface area contributed by atoms with Gasteiger partial charge in [-0.3, -0.25) is 14.6 Å². The molecular weight excluding hydrogens is 342 g/mol. The Morgan fingerprint density at radius 3 is 2.63 bits per heavy atom. The Kier molecular flexibility index (Phi) is 6.87. The van der Waals surface area contributed by atoms with E-state index in [2.05, 4.69) is 48.5 Å². The van der Waals surface area contributed by atoms with Crippen LogP contribution in [0.2, 0.25) is 0 Å². The second-order valence-electron chi connectivity index (χ2n) is 7.68. The van der Waals surface area contributed by atoms with Gasteiger partial charge in [-0.05, 0) is 48.6 Å². The normalized spacial score (nSPS) is 12.6. The number of fused-ring (bicyclic) bond motifs is 1. The molecule has 1 aromatic heterocycles. The molecule has 0 saturated carbocycles. The highest BCUT2D eigenvalue weighted by molar-refractivity contribution is 5.96. The van der Waals surface area contributed by atoms with Crippen LogP contribution in [0.25, 0.3) is 10.9 Å². The molecule has 146 valence electrons. The van der Waals surface area contributed by atoms with Gasteiger partial charge in [0.25, 0.3) is 0 Å². The lowest BCUT2D eigenvalue weighted by Crippen LogP contribution is -2.43. The molecule has 0 aliphatic rings. The molecule has 2 aromatic rings. The summed E-state index contributed by atoms with van der Waals surface area (Å²) < 4.78 is 0. The molecule has 0 saturated heterocycles. The molecular formula is C20H29N5O2. The van der Waals surface area contributed by atoms with Crippen molar-refractivity contribution in [1.82, 2.24) is 10.3 Å². The van der Waals surface area contributed by atoms with Gasteiger partial charge in [-0.15, -0.1) is 0 Å². The van der Waals surface area contributed by atoms with E-state index in [0.29, 0.717) is 25.1 Å². The summed E-state index contributed by atoms with van der Waals surface area (Å²) in [4.78, 5) is 28.3. The third-order valence-electron chi connectivity index (χ3n) is 4.31. The number of hydrogen-bond donors (Lipinski definition) is 4. The van der Waals surface area contributed by atoms with E-state index >= 15 is 0 Å². The van der Waals surface area contributed by atoms with Gasteiger partial charge in [0.2, 0.25) is 11.8 Å². The van der Waals surface area contributed by atoms with Gasteiger partial charge in [0.05, 0.1) is 30.0 Å². The van der Waals surface area contributed by atoms with Crippen LogP contribution in [0.3, 0.4) is 0 Å². The molecule has 0 aliphatic carbocycles. The molecule has 6 N–H and O–H groups in total. The highest BCUT2D eigenvalue weighted by Crippen LogP contribution is 2.26. The van der Waals surface area contributed by atoms with Crippen molar-refractivity contribution in [2.45, 2.75) is 45.1 Å². The molecule has 7 nitrogen and oxygen atoms in total. The van der Waals surface area contributed by atoms with E-state index < -0.39 is 6.04 Å². The van der Waals surface area contributed by atoms with Crippen molar-refractivity contribution in [2.75, 3.05) is 18.4 Å². The Balaban J connectivity index is 1.99. The van der Waals surface area contributed by atoms with Gasteiger partial charge in [-0.1, -0.05) is 26.8 Å². The second-order valence-corrected chi connectivity index (χ2v) is 7.68. The Labute approximate surface area is 159 Å². The van der Waals surface area contributed by atoms with Crippen LogP contribution in [0.15, 0.2) is 30.5 Å². The lowest BCUT2D eigenvalue weighted by atomic mass is 9.86. The number of anilines is 1. The summed E-state index contributed by atoms with van der Waals surface area (Å²) in [5.41, 5.74) is 13.8. The molecule has 0 radical (unpaired) electrons. The molecule has 0 fully saturated rings. The summed E-state index contributed by atoms with van der Waals surface area (Å²) in [5.74, 6) is -0.687. The minimum absolute atomic E-state index is 0.0282. The summed E-state index contributed by atoms with van der Waals surface area (Å²) in [7, 11) is 0. The summed E-state index contributed by atoms with van der Waals surface area (Å²) >= 11 is 0. The van der Waals surface area contributed by atoms with Crippen LogP contribution in [-0.4, -0.2) is 35.9 Å². The number of aromatic nitrogens is 1. The van der Waals surface area contributed by atoms with Gasteiger partial charge < -0.3 is 22.1 Å². The molecule has 0 aliphatic heterocycles. The van der Waals surface area contributed by atoms with Crippen molar-refractivity contribution < 1.29 is 9.59 Å². The predicted octanol–water partition coefficient (Wildman–Crippen LogP) is 1.65. The number of nitrogens with two attached hydrogens (primary N) is 2. The van der Waals surface area contributed by atoms with E-state index in [1.54, 1.807) is 6.20 Å². The topological polar surface area (TPSA) is 123 Å². The molecule has 0 unspecified atom stereocenters. The van der Waals surface area contributed by atoms with E-state index in [1.165, 1.54) is 5.56 Å². The molecule has 27 heavy (non-hydrogen) atoms. The quantitative estimate of drug-likeness (QED) is 0.589. The number of hydrogen-bond acceptors (Lipinski definition) is 5. The maximum atomic E-state index is 12.1. The SMILES string of the molecule is CC(C)(C)c1ccc2ncc(NC(=O)CNC(=O)[C@H](N)CCCN)cc2c1. The largest absolute Gasteiger partial charge is 0.346 e. The maximum Gasteiger partial charge on any atom is 0.243 e. The van der Waals surface area contributed by atoms with Crippen LogP contribution >= 0.6 is 0 Å². The van der Waals surface area contributed by atoms with E-state index in [1.807, 2.05) is 12.1 Å². The summed E-state index contributed by atoms with van der Waals surface area (Å²) in [5, 5.41) is 6.24. The molecule has 1 atom stereocenters. The molecule has 0 bridgehead atoms. The number of pyridine rings is 1. The fourth-order valence-corrected chi connectivity index (χ4v) is 2.64. The van der Waals surface area contributed by atoms with Gasteiger partial charge in [0, 0.05) is 5.39 Å². The first-order chi connectivity index (χ1) is 12.7. The van der Waals surface area contributed by atoms with Crippen LogP contribution < -0.4 is 22.1 Å². The minimum atomic E-state index is -0.653. The smallest absolute Gasteiger partial charge is 0.243 e. The fraction of sp³-hybridized carbons (Fsp3) is 0.450. The van der Waals surface area contributed by atoms with Gasteiger partial charge in [-0.2, -0.15) is 0 Å². The number of nitrogens with one attached hydrogen (secondary N) is 2. The number of carbonyl (C=O) groups is 2. The van der Waals surface area contributed by atoms with Gasteiger partial charge in [-0.25, -0.2) is 0 Å². The molecule has 0 spiro atoms. The van der Waals surface area contributed by atoms with Crippen molar-refractivity contribution in [3.63, 3.8) is 0 Å². The molecule has 7 heteroatoms. The van der Waals surface area contributed by atoms with Gasteiger partial charge in [0.1, 0.15) is 0 Å². The zero-order valence-electron chi connectivity index (χ0n) is 16.2. The molecule has 2 amide bonds. The lowest BCUT2D eigenvalue weighted by molar-refractivity contribution is -0.125. The van der Waals surface area contributed by atoms with Gasteiger partial charge in [0.15, 0.2) is 0 Å². The number of rotatable bonds is 7. The number of benzene rings is 1. The third-order valence-corrected chi connectivity index (χ3v) is 4.31. The summed E-state index contributed by atoms with van der Waals surface area (Å²) in [6.45, 7) is 6.78. The monoisotopic (exact) mass is 371 g/mol. The first-order valence-corrected chi connectivity index (χ1v) is 9.14. The standard InChI is InChI=1S/C20H29N5O2/c1-20(2,3)14-6-7-17-13(9-14)10-15(11-23-17)25-18(26)12-24-19(27)16(22)5-4-8-21/h6-7,9-11,16H,4-5,8,12,21-22H2,1-3H3,(H,24,27)(H,25,26)/t16-/m1/s1. The second kappa shape index (κ2) is 8.92. The van der Waals surface area contributed by atoms with Crippen molar-refractivity contribution >= 4 is 28.4 Å². The van der Waals surface area contributed by atoms with Crippen LogP contribution in [0.1, 0.15) is 39.2 Å². The summed E-state index contributed by atoms with van der Waals surface area (Å²) in [6.07, 6.45) is 2.76. The molecule has 1 heterocycles. The Hall–Kier alpha value is -2.51. The van der Waals surface area contributed by atoms with Crippen LogP contribution in [0.4, 0.5) is 5.69 Å². The zero-order valence-corrected chi connectivity index (χ0v) is 16.2. The number of nitrogens with zero attached hydrogens (tertiary/aromatic N) is 1. The Morgan fingerprint density at radius 1 is 1.22 bits per heavy atom. The number of amides is 2. The first-order valence-electron chi connectivity index (χ1n) is 9.14. The van der Waals surface area contributed by atoms with Crippen molar-refractivity contribution in [1.29, 1.82) is 0 Å². The van der Waals surface area contributed by atoms with Gasteiger partial charge >= 0.3 is 0 Å². The summed E-state index contributed by atoms with van der Waals surface area (Å²) in [6, 6.07) is 7.35. The van der Waals surface area contributed by atoms with E-state index in [4.69, 9.17) is 11.5 Å². The average Bonchev–Trinajstić information content (AvgIpc) is 2.62. The predicted molar refractivity (Wildman–Crippen MR) is 108 cm³/mol. The third kappa shape index (κ3) is 6.01. The molecule has 2 rings (SSSR count). The lowest BCUT2D eigenvalue weighted by Gasteiger charge is -2.19. The van der Waals surface area contributed by atoms with Crippen molar-refractivity contribution in [3.05, 3.63) is 36.0 Å². The molecule has 1 aromatic carbocycles. The van der Waals surface area contributed by atoms with E-state index in [0.717, 1.165) is 10.9 Å². The van der Waals surface area contributed by atoms with Crippen LogP contribution in [-0.2, 0) is 15.0 Å². The van der Waals surface area contributed by atoms with E-state index in [9.17, 15) is 9.59 Å². The Bertz CT molecular complexity index is 814. The zero-order chi connectivity index (χ0) is 20.0. The van der Waals surface area contributed by atoms with E-state index in [-0.39, 0.29) is 23.8 Å². The fourth-order valence-electron chi connectivity index (χ4n) is 2.64. The van der Waals surface area contributed by atoms with Crippen LogP contribution in [0.5, 0.6) is 0 Å². The van der Waals surface area contributed by atoms with Crippen LogP contribution in [0, 0.1) is 0 Å². The van der Waals surface area contributed by atoms with Crippen molar-refractivity contribution in [3.8, 4) is 0 Å². The van der Waals surface area contributed by atoms with Crippen molar-refractivity contribution in [2.24, 2.45) is 11.5 Å². The first kappa shape index (κ1) is 20.8. The highest BCUT2D eigenvalue weighted by Gasteiger charge is 2.15. The Morgan fingerprint density at radius 2 is 1.96 bits per heavy atom. The number of carbonyl (C=O) groups excluding carboxylic acids is 2. The highest BCUT2D eigenvalue weighted by atomic mass is 16.2. The minimum Gasteiger partial charge on any atom is -0.346 e. The maximum absolute atomic E-state index is 12.1. The average molecular weight is 371 g/mol.